The Morgan fingerprint density at radius 3 is 2.09 bits per heavy atom. The zero-order valence-electron chi connectivity index (χ0n) is 23.0. The van der Waals surface area contributed by atoms with Gasteiger partial charge in [0.2, 0.25) is 11.2 Å². The third kappa shape index (κ3) is 10.3. The summed E-state index contributed by atoms with van der Waals surface area (Å²) in [5.74, 6) is -3.89. The summed E-state index contributed by atoms with van der Waals surface area (Å²) >= 11 is 0. The van der Waals surface area contributed by atoms with Crippen molar-refractivity contribution in [1.29, 1.82) is 0 Å². The molecule has 3 heterocycles. The molecule has 1 saturated heterocycles. The van der Waals surface area contributed by atoms with E-state index in [1.165, 1.54) is 43.1 Å². The van der Waals surface area contributed by atoms with E-state index in [2.05, 4.69) is 34.5 Å². The van der Waals surface area contributed by atoms with Gasteiger partial charge in [0, 0.05) is 19.2 Å². The van der Waals surface area contributed by atoms with E-state index in [0.29, 0.717) is 36.0 Å². The first-order valence-corrected chi connectivity index (χ1v) is 13.4. The highest BCUT2D eigenvalue weighted by Gasteiger charge is 2.44. The number of alkyl halides is 6. The van der Waals surface area contributed by atoms with Crippen LogP contribution in [0.15, 0.2) is 45.8 Å². The van der Waals surface area contributed by atoms with Gasteiger partial charge >= 0.3 is 24.3 Å². The average molecular weight is 623 g/mol. The van der Waals surface area contributed by atoms with E-state index in [1.807, 2.05) is 0 Å². The summed E-state index contributed by atoms with van der Waals surface area (Å²) < 4.78 is 75.1. The molecule has 0 radical (unpaired) electrons. The van der Waals surface area contributed by atoms with Crippen LogP contribution in [-0.2, 0) is 29.1 Å². The second kappa shape index (κ2) is 14.3. The number of carboxylic acids is 2. The summed E-state index contributed by atoms with van der Waals surface area (Å²) in [6.07, 6.45) is -2.60. The predicted molar refractivity (Wildman–Crippen MR) is 139 cm³/mol. The van der Waals surface area contributed by atoms with Crippen LogP contribution in [0, 0.1) is 11.3 Å². The van der Waals surface area contributed by atoms with E-state index < -0.39 is 24.3 Å². The number of piperidine rings is 1. The molecule has 5 rings (SSSR count). The molecule has 0 bridgehead atoms. The van der Waals surface area contributed by atoms with Crippen LogP contribution in [0.3, 0.4) is 0 Å². The van der Waals surface area contributed by atoms with E-state index in [4.69, 9.17) is 29.0 Å². The van der Waals surface area contributed by atoms with Crippen LogP contribution >= 0.6 is 0 Å². The van der Waals surface area contributed by atoms with Crippen LogP contribution in [0.25, 0.3) is 0 Å². The lowest BCUT2D eigenvalue weighted by molar-refractivity contribution is -0.193. The van der Waals surface area contributed by atoms with Gasteiger partial charge in [0.25, 0.3) is 0 Å². The van der Waals surface area contributed by atoms with Gasteiger partial charge in [0.1, 0.15) is 12.0 Å². The molecule has 9 nitrogen and oxygen atoms in total. The van der Waals surface area contributed by atoms with E-state index >= 15 is 0 Å². The fourth-order valence-corrected chi connectivity index (χ4v) is 5.39. The Kier molecular flexibility index (Phi) is 11.2. The molecule has 0 unspecified atom stereocenters. The van der Waals surface area contributed by atoms with Crippen molar-refractivity contribution in [2.75, 3.05) is 26.2 Å². The van der Waals surface area contributed by atoms with Gasteiger partial charge in [-0.3, -0.25) is 9.69 Å². The minimum absolute atomic E-state index is 0.0698. The van der Waals surface area contributed by atoms with E-state index in [-0.39, 0.29) is 5.43 Å². The Bertz CT molecular complexity index is 1270. The van der Waals surface area contributed by atoms with Crippen molar-refractivity contribution < 1.29 is 55.3 Å². The molecule has 2 aliphatic heterocycles. The topological polar surface area (TPSA) is 129 Å². The number of benzene rings is 1. The van der Waals surface area contributed by atoms with Crippen LogP contribution in [0.2, 0.25) is 0 Å². The maximum atomic E-state index is 12.5. The number of carboxylic acid groups (broad SMARTS) is 2. The summed E-state index contributed by atoms with van der Waals surface area (Å²) in [5, 5.41) is 17.7. The number of ether oxygens (including phenoxy) is 1. The molecular weight excluding hydrogens is 590 g/mol. The number of hydrogen-bond donors (Lipinski definition) is 3. The molecule has 2 aromatic rings. The number of nitrogens with zero attached hydrogens (tertiary/aromatic N) is 1. The smallest absolute Gasteiger partial charge is 0.486 e. The molecule has 1 spiro atoms. The molecule has 0 atom stereocenters. The first-order valence-electron chi connectivity index (χ1n) is 13.4. The molecular formula is C28H32F6N2O7. The highest BCUT2D eigenvalue weighted by atomic mass is 19.4. The largest absolute Gasteiger partial charge is 0.490 e. The Hall–Kier alpha value is -3.59. The van der Waals surface area contributed by atoms with Crippen molar-refractivity contribution in [3.05, 3.63) is 63.7 Å². The fourth-order valence-electron chi connectivity index (χ4n) is 5.39. The number of fused-ring (bicyclic) bond motifs is 1. The zero-order valence-corrected chi connectivity index (χ0v) is 23.0. The van der Waals surface area contributed by atoms with Gasteiger partial charge in [-0.05, 0) is 67.7 Å². The van der Waals surface area contributed by atoms with Crippen molar-refractivity contribution in [3.8, 4) is 5.75 Å². The normalized spacial score (nSPS) is 18.2. The Balaban J connectivity index is 0.000000303. The predicted octanol–water partition coefficient (Wildman–Crippen LogP) is 4.62. The number of carbonyl (C=O) groups is 2. The van der Waals surface area contributed by atoms with Gasteiger partial charge in [-0.2, -0.15) is 26.3 Å². The molecule has 1 aliphatic carbocycles. The van der Waals surface area contributed by atoms with E-state index in [9.17, 15) is 31.1 Å². The average Bonchev–Trinajstić information content (AvgIpc) is 2.91. The number of halogens is 6. The second-order valence-corrected chi connectivity index (χ2v) is 10.7. The van der Waals surface area contributed by atoms with Gasteiger partial charge < -0.3 is 24.7 Å². The summed E-state index contributed by atoms with van der Waals surface area (Å²) in [4.78, 5) is 32.6. The molecule has 1 aromatic heterocycles. The molecule has 0 amide bonds. The summed E-state index contributed by atoms with van der Waals surface area (Å²) in [7, 11) is 0. The maximum absolute atomic E-state index is 12.5. The van der Waals surface area contributed by atoms with Crippen molar-refractivity contribution in [1.82, 2.24) is 10.2 Å². The SMILES string of the molecule is O=C(O)C(F)(F)F.O=C(O)C(F)(F)F.O=c1cc(CN2CCc3ccccc3C2)occ1OCC1CC2(CCNCC2)C1. The number of rotatable bonds is 5. The minimum Gasteiger partial charge on any atom is -0.486 e. The Labute approximate surface area is 242 Å². The summed E-state index contributed by atoms with van der Waals surface area (Å²) in [5.41, 5.74) is 3.27. The van der Waals surface area contributed by atoms with Gasteiger partial charge in [-0.1, -0.05) is 24.3 Å². The van der Waals surface area contributed by atoms with Crippen molar-refractivity contribution >= 4 is 11.9 Å². The Morgan fingerprint density at radius 1 is 1.00 bits per heavy atom. The molecule has 43 heavy (non-hydrogen) atoms. The van der Waals surface area contributed by atoms with Crippen molar-refractivity contribution in [2.45, 2.75) is 57.5 Å². The second-order valence-electron chi connectivity index (χ2n) is 10.7. The first-order chi connectivity index (χ1) is 20.1. The van der Waals surface area contributed by atoms with E-state index in [0.717, 1.165) is 32.6 Å². The number of aliphatic carboxylic acids is 2. The van der Waals surface area contributed by atoms with Crippen molar-refractivity contribution in [3.63, 3.8) is 0 Å². The van der Waals surface area contributed by atoms with Gasteiger partial charge in [-0.15, -0.1) is 0 Å². The lowest BCUT2D eigenvalue weighted by atomic mass is 9.58. The molecule has 1 aromatic carbocycles. The molecule has 1 saturated carbocycles. The van der Waals surface area contributed by atoms with Crippen LogP contribution in [0.4, 0.5) is 26.3 Å². The first kappa shape index (κ1) is 33.9. The highest BCUT2D eigenvalue weighted by Crippen LogP contribution is 2.51. The van der Waals surface area contributed by atoms with E-state index in [1.54, 1.807) is 6.07 Å². The third-order valence-electron chi connectivity index (χ3n) is 7.51. The maximum Gasteiger partial charge on any atom is 0.490 e. The summed E-state index contributed by atoms with van der Waals surface area (Å²) in [6, 6.07) is 10.2. The highest BCUT2D eigenvalue weighted by molar-refractivity contribution is 5.73. The van der Waals surface area contributed by atoms with Crippen LogP contribution in [-0.4, -0.2) is 65.6 Å². The fraction of sp³-hybridized carbons (Fsp3) is 0.536. The number of nitrogens with one attached hydrogen (secondary N) is 1. The lowest BCUT2D eigenvalue weighted by Gasteiger charge is -2.50. The monoisotopic (exact) mass is 622 g/mol. The standard InChI is InChI=1S/C24H30N2O3.2C2HF3O2/c27-22-11-21(15-26-10-5-19-3-1-2-4-20(19)14-26)28-17-23(22)29-16-18-12-24(13-18)6-8-25-9-7-24;2*3-2(4,5)1(6)7/h1-4,11,17-18,25H,5-10,12-16H2;2*(H,6,7). The summed E-state index contributed by atoms with van der Waals surface area (Å²) in [6.45, 7) is 5.45. The van der Waals surface area contributed by atoms with Gasteiger partial charge in [0.05, 0.1) is 13.2 Å². The lowest BCUT2D eigenvalue weighted by Crippen LogP contribution is -2.47. The van der Waals surface area contributed by atoms with Crippen LogP contribution < -0.4 is 15.5 Å². The minimum atomic E-state index is -5.08. The Morgan fingerprint density at radius 2 is 1.56 bits per heavy atom. The molecule has 3 aliphatic rings. The molecule has 3 N–H and O–H groups in total. The van der Waals surface area contributed by atoms with Gasteiger partial charge in [-0.25, -0.2) is 9.59 Å². The van der Waals surface area contributed by atoms with Crippen molar-refractivity contribution in [2.24, 2.45) is 11.3 Å². The van der Waals surface area contributed by atoms with Gasteiger partial charge in [0.15, 0.2) is 0 Å². The number of hydrogen-bond acceptors (Lipinski definition) is 7. The molecule has 238 valence electrons. The molecule has 15 heteroatoms. The zero-order chi connectivity index (χ0) is 31.8. The quantitative estimate of drug-likeness (QED) is 0.409. The van der Waals surface area contributed by atoms with Crippen LogP contribution in [0.1, 0.15) is 42.6 Å². The third-order valence-corrected chi connectivity index (χ3v) is 7.51. The molecule has 2 fully saturated rings. The van der Waals surface area contributed by atoms with Crippen LogP contribution in [0.5, 0.6) is 5.75 Å².